The number of benzene rings is 2. The highest BCUT2D eigenvalue weighted by atomic mass is 16.3. The van der Waals surface area contributed by atoms with Crippen molar-refractivity contribution in [1.82, 2.24) is 14.3 Å². The van der Waals surface area contributed by atoms with Crippen LogP contribution in [0.1, 0.15) is 19.2 Å². The van der Waals surface area contributed by atoms with E-state index in [9.17, 15) is 9.90 Å². The summed E-state index contributed by atoms with van der Waals surface area (Å²) < 4.78 is 3.20. The molecule has 152 valence electrons. The number of piperazine rings is 1. The molecule has 1 aliphatic heterocycles. The van der Waals surface area contributed by atoms with Gasteiger partial charge >= 0.3 is 5.69 Å². The van der Waals surface area contributed by atoms with Crippen molar-refractivity contribution in [3.8, 4) is 11.4 Å². The summed E-state index contributed by atoms with van der Waals surface area (Å²) in [6, 6.07) is 15.5. The van der Waals surface area contributed by atoms with Gasteiger partial charge in [0.05, 0.1) is 5.69 Å². The Morgan fingerprint density at radius 2 is 1.34 bits per heavy atom. The van der Waals surface area contributed by atoms with Crippen LogP contribution < -0.4 is 15.5 Å². The molecular weight excluding hydrogens is 366 g/mol. The molecule has 0 aliphatic carbocycles. The van der Waals surface area contributed by atoms with Crippen LogP contribution in [0.2, 0.25) is 0 Å². The summed E-state index contributed by atoms with van der Waals surface area (Å²) in [5.41, 5.74) is 3.06. The van der Waals surface area contributed by atoms with Crippen molar-refractivity contribution in [1.29, 1.82) is 0 Å². The zero-order valence-corrected chi connectivity index (χ0v) is 17.0. The van der Waals surface area contributed by atoms with Crippen molar-refractivity contribution in [3.63, 3.8) is 0 Å². The quantitative estimate of drug-likeness (QED) is 0.722. The lowest BCUT2D eigenvalue weighted by molar-refractivity contribution is 0.475. The van der Waals surface area contributed by atoms with Gasteiger partial charge in [0.25, 0.3) is 0 Å². The van der Waals surface area contributed by atoms with Gasteiger partial charge in [-0.1, -0.05) is 6.92 Å². The number of hydrogen-bond acceptors (Lipinski definition) is 5. The fraction of sp³-hybridized carbons (Fsp3) is 0.364. The van der Waals surface area contributed by atoms with Gasteiger partial charge in [-0.2, -0.15) is 5.10 Å². The van der Waals surface area contributed by atoms with Gasteiger partial charge in [-0.05, 0) is 61.9 Å². The second-order valence-corrected chi connectivity index (χ2v) is 7.40. The lowest BCUT2D eigenvalue weighted by Crippen LogP contribution is -2.46. The summed E-state index contributed by atoms with van der Waals surface area (Å²) in [6.07, 6.45) is 0.880. The topological polar surface area (TPSA) is 66.5 Å². The summed E-state index contributed by atoms with van der Waals surface area (Å²) in [5.74, 6) is 1.00. The first-order valence-corrected chi connectivity index (χ1v) is 10.1. The molecule has 1 aliphatic rings. The number of aromatic nitrogens is 3. The largest absolute Gasteiger partial charge is 0.508 e. The first-order valence-electron chi connectivity index (χ1n) is 10.1. The standard InChI is InChI=1S/C22H27N5O2/c1-3-12-26-22(29)27(17(2)23-26)20-6-4-18(5-7-20)24-13-15-25(16-14-24)19-8-10-21(28)11-9-19/h4-11,28H,3,12-16H2,1-2H3. The monoisotopic (exact) mass is 393 g/mol. The minimum Gasteiger partial charge on any atom is -0.508 e. The highest BCUT2D eigenvalue weighted by molar-refractivity contribution is 5.54. The first-order chi connectivity index (χ1) is 14.1. The number of aryl methyl sites for hydroxylation is 2. The fourth-order valence-corrected chi connectivity index (χ4v) is 3.87. The lowest BCUT2D eigenvalue weighted by Gasteiger charge is -2.37. The first kappa shape index (κ1) is 19.1. The van der Waals surface area contributed by atoms with Crippen LogP contribution in [0.25, 0.3) is 5.69 Å². The van der Waals surface area contributed by atoms with E-state index < -0.39 is 0 Å². The molecule has 2 aromatic carbocycles. The Morgan fingerprint density at radius 3 is 1.86 bits per heavy atom. The summed E-state index contributed by atoms with van der Waals surface area (Å²) in [5, 5.41) is 13.8. The van der Waals surface area contributed by atoms with Gasteiger partial charge in [0.15, 0.2) is 0 Å². The average Bonchev–Trinajstić information content (AvgIpc) is 3.02. The van der Waals surface area contributed by atoms with Gasteiger partial charge in [-0.15, -0.1) is 0 Å². The summed E-state index contributed by atoms with van der Waals surface area (Å²) in [4.78, 5) is 17.3. The number of nitrogens with zero attached hydrogens (tertiary/aromatic N) is 5. The van der Waals surface area contributed by atoms with Crippen LogP contribution in [0.4, 0.5) is 11.4 Å². The van der Waals surface area contributed by atoms with Gasteiger partial charge in [0, 0.05) is 44.1 Å². The summed E-state index contributed by atoms with van der Waals surface area (Å²) in [7, 11) is 0. The van der Waals surface area contributed by atoms with E-state index in [1.807, 2.05) is 38.1 Å². The molecule has 0 spiro atoms. The smallest absolute Gasteiger partial charge is 0.350 e. The van der Waals surface area contributed by atoms with E-state index in [4.69, 9.17) is 0 Å². The number of hydrogen-bond donors (Lipinski definition) is 1. The van der Waals surface area contributed by atoms with Gasteiger partial charge < -0.3 is 14.9 Å². The molecule has 2 heterocycles. The Bertz CT molecular complexity index is 1010. The molecular formula is C22H27N5O2. The number of phenolic OH excluding ortho intramolecular Hbond substituents is 1. The van der Waals surface area contributed by atoms with E-state index in [0.29, 0.717) is 18.1 Å². The van der Waals surface area contributed by atoms with E-state index >= 15 is 0 Å². The average molecular weight is 393 g/mol. The normalized spacial score (nSPS) is 14.4. The van der Waals surface area contributed by atoms with E-state index in [1.54, 1.807) is 16.7 Å². The number of rotatable bonds is 5. The molecule has 0 atom stereocenters. The van der Waals surface area contributed by atoms with Gasteiger partial charge in [-0.25, -0.2) is 14.0 Å². The zero-order valence-electron chi connectivity index (χ0n) is 17.0. The van der Waals surface area contributed by atoms with Crippen LogP contribution in [-0.4, -0.2) is 45.6 Å². The van der Waals surface area contributed by atoms with Crippen LogP contribution in [-0.2, 0) is 6.54 Å². The minimum absolute atomic E-state index is 0.0837. The third-order valence-electron chi connectivity index (χ3n) is 5.40. The Morgan fingerprint density at radius 1 is 0.862 bits per heavy atom. The van der Waals surface area contributed by atoms with Crippen molar-refractivity contribution in [2.75, 3.05) is 36.0 Å². The fourth-order valence-electron chi connectivity index (χ4n) is 3.87. The molecule has 1 N–H and O–H groups in total. The lowest BCUT2D eigenvalue weighted by atomic mass is 10.2. The molecule has 1 aromatic heterocycles. The zero-order chi connectivity index (χ0) is 20.4. The molecule has 4 rings (SSSR count). The van der Waals surface area contributed by atoms with Crippen molar-refractivity contribution < 1.29 is 5.11 Å². The summed E-state index contributed by atoms with van der Waals surface area (Å²) in [6.45, 7) is 8.24. The van der Waals surface area contributed by atoms with E-state index in [1.165, 1.54) is 4.68 Å². The highest BCUT2D eigenvalue weighted by Crippen LogP contribution is 2.23. The Balaban J connectivity index is 1.45. The van der Waals surface area contributed by atoms with Crippen molar-refractivity contribution in [2.45, 2.75) is 26.8 Å². The Hall–Kier alpha value is -3.22. The molecule has 3 aromatic rings. The second kappa shape index (κ2) is 8.03. The van der Waals surface area contributed by atoms with Crippen LogP contribution in [0.5, 0.6) is 5.75 Å². The summed E-state index contributed by atoms with van der Waals surface area (Å²) >= 11 is 0. The highest BCUT2D eigenvalue weighted by Gasteiger charge is 2.18. The van der Waals surface area contributed by atoms with E-state index in [2.05, 4.69) is 27.0 Å². The van der Waals surface area contributed by atoms with Crippen molar-refractivity contribution in [3.05, 3.63) is 64.8 Å². The molecule has 29 heavy (non-hydrogen) atoms. The molecule has 0 amide bonds. The second-order valence-electron chi connectivity index (χ2n) is 7.40. The van der Waals surface area contributed by atoms with Gasteiger partial charge in [0.1, 0.15) is 11.6 Å². The number of phenols is 1. The van der Waals surface area contributed by atoms with Crippen LogP contribution in [0.15, 0.2) is 53.3 Å². The van der Waals surface area contributed by atoms with Crippen LogP contribution in [0, 0.1) is 6.92 Å². The maximum absolute atomic E-state index is 12.6. The molecule has 1 fully saturated rings. The number of anilines is 2. The molecule has 7 nitrogen and oxygen atoms in total. The molecule has 0 radical (unpaired) electrons. The van der Waals surface area contributed by atoms with Crippen LogP contribution in [0.3, 0.4) is 0 Å². The van der Waals surface area contributed by atoms with E-state index in [-0.39, 0.29) is 5.69 Å². The molecule has 0 unspecified atom stereocenters. The SMILES string of the molecule is CCCn1nc(C)n(-c2ccc(N3CCN(c4ccc(O)cc4)CC3)cc2)c1=O. The van der Waals surface area contributed by atoms with Crippen LogP contribution >= 0.6 is 0 Å². The minimum atomic E-state index is -0.0837. The molecule has 0 bridgehead atoms. The molecule has 0 saturated carbocycles. The van der Waals surface area contributed by atoms with Crippen molar-refractivity contribution in [2.24, 2.45) is 0 Å². The third-order valence-corrected chi connectivity index (χ3v) is 5.40. The van der Waals surface area contributed by atoms with Crippen molar-refractivity contribution >= 4 is 11.4 Å². The number of aromatic hydroxyl groups is 1. The van der Waals surface area contributed by atoms with Gasteiger partial charge in [0.2, 0.25) is 0 Å². The Labute approximate surface area is 170 Å². The molecule has 7 heteroatoms. The maximum atomic E-state index is 12.6. The van der Waals surface area contributed by atoms with E-state index in [0.717, 1.165) is 49.7 Å². The predicted molar refractivity (Wildman–Crippen MR) is 115 cm³/mol. The Kier molecular flexibility index (Phi) is 5.29. The molecule has 1 saturated heterocycles. The predicted octanol–water partition coefficient (Wildman–Crippen LogP) is 2.78. The maximum Gasteiger partial charge on any atom is 0.350 e. The third kappa shape index (κ3) is 3.85. The van der Waals surface area contributed by atoms with Gasteiger partial charge in [-0.3, -0.25) is 0 Å².